The molecular formula is C14H14N4S2. The second kappa shape index (κ2) is 6.11. The maximum Gasteiger partial charge on any atom is 0.205 e. The van der Waals surface area contributed by atoms with Gasteiger partial charge in [0.1, 0.15) is 5.01 Å². The minimum atomic E-state index is 0.694. The summed E-state index contributed by atoms with van der Waals surface area (Å²) in [4.78, 5) is 4.64. The summed E-state index contributed by atoms with van der Waals surface area (Å²) in [6.45, 7) is 2.64. The van der Waals surface area contributed by atoms with E-state index in [1.807, 2.05) is 13.0 Å². The highest BCUT2D eigenvalue weighted by molar-refractivity contribution is 7.15. The van der Waals surface area contributed by atoms with Gasteiger partial charge in [-0.2, -0.15) is 0 Å². The number of hydrogen-bond donors (Lipinski definition) is 1. The van der Waals surface area contributed by atoms with E-state index in [1.165, 1.54) is 5.56 Å². The van der Waals surface area contributed by atoms with Crippen molar-refractivity contribution in [1.82, 2.24) is 15.2 Å². The van der Waals surface area contributed by atoms with Crippen molar-refractivity contribution in [2.75, 3.05) is 5.32 Å². The Kier molecular flexibility index (Phi) is 4.03. The fourth-order valence-corrected chi connectivity index (χ4v) is 3.23. The van der Waals surface area contributed by atoms with Gasteiger partial charge in [0.05, 0.1) is 17.2 Å². The molecule has 0 aliphatic heterocycles. The van der Waals surface area contributed by atoms with Gasteiger partial charge in [-0.3, -0.25) is 0 Å². The lowest BCUT2D eigenvalue weighted by molar-refractivity contribution is 0.994. The fourth-order valence-electron chi connectivity index (χ4n) is 1.82. The second-order valence-electron chi connectivity index (χ2n) is 4.37. The van der Waals surface area contributed by atoms with Gasteiger partial charge in [-0.1, -0.05) is 41.7 Å². The number of rotatable bonds is 5. The summed E-state index contributed by atoms with van der Waals surface area (Å²) in [5.74, 6) is 0. The topological polar surface area (TPSA) is 50.7 Å². The zero-order valence-electron chi connectivity index (χ0n) is 11.0. The highest BCUT2D eigenvalue weighted by Crippen LogP contribution is 2.17. The largest absolute Gasteiger partial charge is 0.354 e. The first-order valence-corrected chi connectivity index (χ1v) is 8.00. The third-order valence-electron chi connectivity index (χ3n) is 2.74. The van der Waals surface area contributed by atoms with Crippen LogP contribution in [0, 0.1) is 6.92 Å². The fraction of sp³-hybridized carbons (Fsp3) is 0.214. The molecule has 1 aromatic carbocycles. The van der Waals surface area contributed by atoms with E-state index in [9.17, 15) is 0 Å². The van der Waals surface area contributed by atoms with Gasteiger partial charge < -0.3 is 5.32 Å². The molecule has 4 nitrogen and oxygen atoms in total. The Balaban J connectivity index is 1.59. The van der Waals surface area contributed by atoms with E-state index in [-0.39, 0.29) is 0 Å². The maximum atomic E-state index is 4.64. The van der Waals surface area contributed by atoms with E-state index in [0.29, 0.717) is 6.54 Å². The van der Waals surface area contributed by atoms with Gasteiger partial charge in [0.25, 0.3) is 0 Å². The van der Waals surface area contributed by atoms with Gasteiger partial charge >= 0.3 is 0 Å². The molecule has 0 spiro atoms. The van der Waals surface area contributed by atoms with Crippen molar-refractivity contribution in [1.29, 1.82) is 0 Å². The molecule has 1 N–H and O–H groups in total. The third-order valence-corrected chi connectivity index (χ3v) is 4.44. The summed E-state index contributed by atoms with van der Waals surface area (Å²) in [6, 6.07) is 10.4. The molecule has 0 unspecified atom stereocenters. The summed E-state index contributed by atoms with van der Waals surface area (Å²) in [6.07, 6.45) is 0.892. The number of nitrogens with one attached hydrogen (secondary N) is 1. The lowest BCUT2D eigenvalue weighted by Gasteiger charge is -1.98. The number of nitrogens with zero attached hydrogens (tertiary/aromatic N) is 3. The number of aromatic nitrogens is 3. The molecule has 0 aliphatic carbocycles. The van der Waals surface area contributed by atoms with Crippen molar-refractivity contribution in [2.45, 2.75) is 19.9 Å². The smallest absolute Gasteiger partial charge is 0.205 e. The standard InChI is InChI=1S/C14H14N4S2/c1-10-17-18-14(20-10)15-8-12-9-19-13(16-12)7-11-5-3-2-4-6-11/h2-6,9H,7-8H2,1H3,(H,15,18). The average Bonchev–Trinajstić information content (AvgIpc) is 3.07. The molecule has 3 aromatic rings. The third kappa shape index (κ3) is 3.40. The normalized spacial score (nSPS) is 10.7. The lowest BCUT2D eigenvalue weighted by atomic mass is 10.2. The summed E-state index contributed by atoms with van der Waals surface area (Å²) in [7, 11) is 0. The molecule has 0 atom stereocenters. The molecule has 20 heavy (non-hydrogen) atoms. The monoisotopic (exact) mass is 302 g/mol. The van der Waals surface area contributed by atoms with Crippen LogP contribution in [-0.2, 0) is 13.0 Å². The van der Waals surface area contributed by atoms with Crippen LogP contribution in [0.5, 0.6) is 0 Å². The first kappa shape index (κ1) is 13.2. The molecule has 0 fully saturated rings. The Bertz CT molecular complexity index is 675. The zero-order chi connectivity index (χ0) is 13.8. The van der Waals surface area contributed by atoms with Crippen LogP contribution in [0.2, 0.25) is 0 Å². The van der Waals surface area contributed by atoms with Gasteiger partial charge in [-0.05, 0) is 12.5 Å². The molecule has 6 heteroatoms. The number of hydrogen-bond acceptors (Lipinski definition) is 6. The first-order chi connectivity index (χ1) is 9.79. The highest BCUT2D eigenvalue weighted by atomic mass is 32.1. The van der Waals surface area contributed by atoms with Crippen LogP contribution >= 0.6 is 22.7 Å². The Labute approximate surface area is 125 Å². The van der Waals surface area contributed by atoms with Crippen molar-refractivity contribution in [3.05, 3.63) is 57.0 Å². The predicted molar refractivity (Wildman–Crippen MR) is 83.3 cm³/mol. The molecule has 102 valence electrons. The molecule has 0 saturated carbocycles. The quantitative estimate of drug-likeness (QED) is 0.783. The molecule has 2 heterocycles. The van der Waals surface area contributed by atoms with Crippen LogP contribution in [-0.4, -0.2) is 15.2 Å². The van der Waals surface area contributed by atoms with Gasteiger partial charge in [-0.25, -0.2) is 4.98 Å². The van der Waals surface area contributed by atoms with Gasteiger partial charge in [0.2, 0.25) is 5.13 Å². The molecular weight excluding hydrogens is 288 g/mol. The van der Waals surface area contributed by atoms with Crippen molar-refractivity contribution < 1.29 is 0 Å². The van der Waals surface area contributed by atoms with Crippen LogP contribution in [0.15, 0.2) is 35.7 Å². The minimum Gasteiger partial charge on any atom is -0.354 e. The summed E-state index contributed by atoms with van der Waals surface area (Å²) < 4.78 is 0. The molecule has 0 aliphatic rings. The molecule has 0 saturated heterocycles. The summed E-state index contributed by atoms with van der Waals surface area (Å²) in [5.41, 5.74) is 2.34. The van der Waals surface area contributed by atoms with E-state index in [2.05, 4.69) is 50.1 Å². The van der Waals surface area contributed by atoms with E-state index in [1.54, 1.807) is 22.7 Å². The van der Waals surface area contributed by atoms with E-state index >= 15 is 0 Å². The van der Waals surface area contributed by atoms with Gasteiger partial charge in [-0.15, -0.1) is 21.5 Å². The number of aryl methyl sites for hydroxylation is 1. The molecule has 2 aromatic heterocycles. The van der Waals surface area contributed by atoms with Crippen LogP contribution in [0.1, 0.15) is 21.3 Å². The van der Waals surface area contributed by atoms with Crippen molar-refractivity contribution in [2.24, 2.45) is 0 Å². The average molecular weight is 302 g/mol. The van der Waals surface area contributed by atoms with Crippen LogP contribution in [0.4, 0.5) is 5.13 Å². The van der Waals surface area contributed by atoms with Gasteiger partial charge in [0.15, 0.2) is 0 Å². The van der Waals surface area contributed by atoms with Crippen molar-refractivity contribution in [3.8, 4) is 0 Å². The van der Waals surface area contributed by atoms with Crippen molar-refractivity contribution >= 4 is 27.8 Å². The summed E-state index contributed by atoms with van der Waals surface area (Å²) >= 11 is 3.26. The first-order valence-electron chi connectivity index (χ1n) is 6.31. The minimum absolute atomic E-state index is 0.694. The maximum absolute atomic E-state index is 4.64. The Morgan fingerprint density at radius 3 is 2.75 bits per heavy atom. The Morgan fingerprint density at radius 2 is 2.00 bits per heavy atom. The van der Waals surface area contributed by atoms with E-state index in [4.69, 9.17) is 0 Å². The Morgan fingerprint density at radius 1 is 1.15 bits per heavy atom. The molecule has 3 rings (SSSR count). The second-order valence-corrected chi connectivity index (χ2v) is 6.50. The summed E-state index contributed by atoms with van der Waals surface area (Å²) in [5, 5.41) is 16.3. The highest BCUT2D eigenvalue weighted by Gasteiger charge is 2.05. The molecule has 0 amide bonds. The number of benzene rings is 1. The molecule has 0 bridgehead atoms. The predicted octanol–water partition coefficient (Wildman–Crippen LogP) is 3.51. The van der Waals surface area contributed by atoms with Crippen LogP contribution in [0.25, 0.3) is 0 Å². The van der Waals surface area contributed by atoms with Crippen LogP contribution < -0.4 is 5.32 Å². The molecule has 0 radical (unpaired) electrons. The van der Waals surface area contributed by atoms with Crippen molar-refractivity contribution in [3.63, 3.8) is 0 Å². The van der Waals surface area contributed by atoms with Crippen LogP contribution in [0.3, 0.4) is 0 Å². The number of anilines is 1. The Hall–Kier alpha value is -1.79. The number of thiazole rings is 1. The van der Waals surface area contributed by atoms with E-state index < -0.39 is 0 Å². The lowest BCUT2D eigenvalue weighted by Crippen LogP contribution is -1.99. The van der Waals surface area contributed by atoms with E-state index in [0.717, 1.165) is 27.3 Å². The zero-order valence-corrected chi connectivity index (χ0v) is 12.7. The van der Waals surface area contributed by atoms with Gasteiger partial charge in [0, 0.05) is 11.8 Å². The SMILES string of the molecule is Cc1nnc(NCc2csc(Cc3ccccc3)n2)s1.